The Balaban J connectivity index is 0. The van der Waals surface area contributed by atoms with Crippen LogP contribution in [-0.2, 0) is 4.79 Å². The molecule has 0 aromatic carbocycles. The predicted molar refractivity (Wildman–Crippen MR) is 36.3 cm³/mol. The summed E-state index contributed by atoms with van der Waals surface area (Å²) in [5.41, 5.74) is 5.06. The number of halogens is 1. The largest absolute Gasteiger partial charge is 0.481 e. The molecule has 0 saturated carbocycles. The van der Waals surface area contributed by atoms with Crippen molar-refractivity contribution in [1.82, 2.24) is 0 Å². The van der Waals surface area contributed by atoms with Gasteiger partial charge in [0, 0.05) is 0 Å². The first-order valence-corrected chi connectivity index (χ1v) is 2.10. The van der Waals surface area contributed by atoms with Crippen LogP contribution in [0.25, 0.3) is 0 Å². The molecule has 3 N–H and O–H groups in total. The lowest BCUT2D eigenvalue weighted by atomic mass is 10.2. The number of rotatable bonds is 2. The van der Waals surface area contributed by atoms with E-state index >= 15 is 0 Å². The van der Waals surface area contributed by atoms with Crippen molar-refractivity contribution in [2.75, 3.05) is 0 Å². The number of carbonyl (C=O) groups is 1. The van der Waals surface area contributed by atoms with E-state index in [9.17, 15) is 4.79 Å². The minimum Gasteiger partial charge on any atom is -0.481 e. The highest BCUT2D eigenvalue weighted by Crippen LogP contribution is 1.82. The smallest absolute Gasteiger partial charge is 0.305 e. The third-order valence-corrected chi connectivity index (χ3v) is 0.609. The molecule has 0 rings (SSSR count). The predicted octanol–water partition coefficient (Wildman–Crippen LogP) is -0.157. The Labute approximate surface area is 59.6 Å². The molecule has 3 nitrogen and oxygen atoms in total. The summed E-state index contributed by atoms with van der Waals surface area (Å²) in [4.78, 5) is 9.79. The van der Waals surface area contributed by atoms with Gasteiger partial charge in [-0.15, -0.1) is 18.8 Å². The van der Waals surface area contributed by atoms with Crippen LogP contribution in [0, 0.1) is 12.3 Å². The van der Waals surface area contributed by atoms with Crippen molar-refractivity contribution in [2.24, 2.45) is 5.73 Å². The molecule has 0 saturated heterocycles. The summed E-state index contributed by atoms with van der Waals surface area (Å²) in [5, 5.41) is 8.04. The second-order valence-corrected chi connectivity index (χ2v) is 1.37. The van der Waals surface area contributed by atoms with E-state index in [1.807, 2.05) is 0 Å². The molecule has 1 unspecified atom stereocenters. The molecule has 9 heavy (non-hydrogen) atoms. The summed E-state index contributed by atoms with van der Waals surface area (Å²) in [6.07, 6.45) is 4.63. The third kappa shape index (κ3) is 7.28. The van der Waals surface area contributed by atoms with Crippen molar-refractivity contribution < 1.29 is 9.90 Å². The van der Waals surface area contributed by atoms with Crippen molar-refractivity contribution >= 4 is 18.4 Å². The van der Waals surface area contributed by atoms with Crippen molar-refractivity contribution in [3.63, 3.8) is 0 Å². The van der Waals surface area contributed by atoms with Crippen LogP contribution in [0.2, 0.25) is 0 Å². The lowest BCUT2D eigenvalue weighted by Crippen LogP contribution is -2.20. The normalized spacial score (nSPS) is 10.7. The second kappa shape index (κ2) is 5.42. The van der Waals surface area contributed by atoms with Crippen LogP contribution >= 0.6 is 12.4 Å². The first-order chi connectivity index (χ1) is 3.66. The number of carboxylic acids is 1. The zero-order chi connectivity index (χ0) is 6.57. The maximum Gasteiger partial charge on any atom is 0.305 e. The van der Waals surface area contributed by atoms with Crippen LogP contribution in [0.1, 0.15) is 6.42 Å². The minimum atomic E-state index is -0.963. The quantitative estimate of drug-likeness (QED) is 0.537. The first kappa shape index (κ1) is 11.1. The van der Waals surface area contributed by atoms with E-state index in [4.69, 9.17) is 17.3 Å². The summed E-state index contributed by atoms with van der Waals surface area (Å²) in [6, 6.07) is -0.646. The Hall–Kier alpha value is -0.720. The van der Waals surface area contributed by atoms with Gasteiger partial charge in [-0.1, -0.05) is 5.92 Å². The highest BCUT2D eigenvalue weighted by atomic mass is 35.5. The average Bonchev–Trinajstić information content (AvgIpc) is 1.65. The maximum atomic E-state index is 9.79. The molecule has 0 amide bonds. The summed E-state index contributed by atoms with van der Waals surface area (Å²) in [6.45, 7) is 0. The van der Waals surface area contributed by atoms with Gasteiger partial charge in [-0.05, 0) is 0 Å². The molecule has 1 atom stereocenters. The molecule has 52 valence electrons. The minimum absolute atomic E-state index is 0. The molecule has 0 aliphatic rings. The fourth-order valence-electron chi connectivity index (χ4n) is 0.247. The van der Waals surface area contributed by atoms with E-state index in [0.29, 0.717) is 0 Å². The number of carboxylic acid groups (broad SMARTS) is 1. The van der Waals surface area contributed by atoms with Gasteiger partial charge in [-0.2, -0.15) is 0 Å². The average molecular weight is 150 g/mol. The van der Waals surface area contributed by atoms with Crippen LogP contribution < -0.4 is 5.73 Å². The second-order valence-electron chi connectivity index (χ2n) is 1.37. The van der Waals surface area contributed by atoms with Crippen molar-refractivity contribution in [2.45, 2.75) is 12.5 Å². The van der Waals surface area contributed by atoms with Gasteiger partial charge in [0.2, 0.25) is 0 Å². The Bertz CT molecular complexity index is 129. The summed E-state index contributed by atoms with van der Waals surface area (Å²) >= 11 is 0. The van der Waals surface area contributed by atoms with Gasteiger partial charge in [0.15, 0.2) is 0 Å². The molecule has 0 radical (unpaired) electrons. The lowest BCUT2D eigenvalue weighted by molar-refractivity contribution is -0.137. The number of hydrogen-bond donors (Lipinski definition) is 2. The van der Waals surface area contributed by atoms with Crippen LogP contribution in [0.15, 0.2) is 0 Å². The SMILES string of the molecule is C#CC(N)CC(=O)O.Cl. The summed E-state index contributed by atoms with van der Waals surface area (Å²) in [5.74, 6) is 1.13. The van der Waals surface area contributed by atoms with Crippen LogP contribution in [0.3, 0.4) is 0 Å². The molecule has 0 heterocycles. The van der Waals surface area contributed by atoms with Gasteiger partial charge >= 0.3 is 5.97 Å². The molecule has 0 fully saturated rings. The number of terminal acetylenes is 1. The highest BCUT2D eigenvalue weighted by molar-refractivity contribution is 5.85. The molecule has 4 heteroatoms. The molecule has 0 aliphatic carbocycles. The molecular formula is C5H8ClNO2. The van der Waals surface area contributed by atoms with E-state index in [-0.39, 0.29) is 18.8 Å². The van der Waals surface area contributed by atoms with E-state index in [0.717, 1.165) is 0 Å². The van der Waals surface area contributed by atoms with E-state index in [2.05, 4.69) is 5.92 Å². The van der Waals surface area contributed by atoms with Crippen LogP contribution in [-0.4, -0.2) is 17.1 Å². The van der Waals surface area contributed by atoms with E-state index in [1.54, 1.807) is 0 Å². The number of nitrogens with two attached hydrogens (primary N) is 1. The van der Waals surface area contributed by atoms with Gasteiger partial charge in [0.1, 0.15) is 0 Å². The van der Waals surface area contributed by atoms with E-state index in [1.165, 1.54) is 0 Å². The van der Waals surface area contributed by atoms with Gasteiger partial charge < -0.3 is 10.8 Å². The molecule has 0 aromatic rings. The maximum absolute atomic E-state index is 9.79. The van der Waals surface area contributed by atoms with Gasteiger partial charge in [-0.3, -0.25) is 4.79 Å². The number of hydrogen-bond acceptors (Lipinski definition) is 2. The fraction of sp³-hybridized carbons (Fsp3) is 0.400. The molecule has 0 aromatic heterocycles. The zero-order valence-corrected chi connectivity index (χ0v) is 5.52. The highest BCUT2D eigenvalue weighted by Gasteiger charge is 2.01. The fourth-order valence-corrected chi connectivity index (χ4v) is 0.247. The standard InChI is InChI=1S/C5H7NO2.ClH/c1-2-4(6)3-5(7)8;/h1,4H,3,6H2,(H,7,8);1H. The van der Waals surface area contributed by atoms with E-state index < -0.39 is 12.0 Å². The van der Waals surface area contributed by atoms with Gasteiger partial charge in [0.25, 0.3) is 0 Å². The Morgan fingerprint density at radius 2 is 2.33 bits per heavy atom. The van der Waals surface area contributed by atoms with Crippen molar-refractivity contribution in [1.29, 1.82) is 0 Å². The van der Waals surface area contributed by atoms with Gasteiger partial charge in [0.05, 0.1) is 12.5 Å². The topological polar surface area (TPSA) is 63.3 Å². The summed E-state index contributed by atoms with van der Waals surface area (Å²) < 4.78 is 0. The first-order valence-electron chi connectivity index (χ1n) is 2.10. The molecule has 0 aliphatic heterocycles. The van der Waals surface area contributed by atoms with Gasteiger partial charge in [-0.25, -0.2) is 0 Å². The number of aliphatic carboxylic acids is 1. The van der Waals surface area contributed by atoms with Crippen LogP contribution in [0.5, 0.6) is 0 Å². The van der Waals surface area contributed by atoms with Crippen molar-refractivity contribution in [3.8, 4) is 12.3 Å². The Morgan fingerprint density at radius 3 is 2.44 bits per heavy atom. The summed E-state index contributed by atoms with van der Waals surface area (Å²) in [7, 11) is 0. The molecule has 0 spiro atoms. The Kier molecular flexibility index (Phi) is 6.70. The molecule has 0 bridgehead atoms. The molecular weight excluding hydrogens is 142 g/mol. The monoisotopic (exact) mass is 149 g/mol. The lowest BCUT2D eigenvalue weighted by Gasteiger charge is -1.94. The Morgan fingerprint density at radius 1 is 1.89 bits per heavy atom. The third-order valence-electron chi connectivity index (χ3n) is 0.609. The van der Waals surface area contributed by atoms with Crippen LogP contribution in [0.4, 0.5) is 0 Å². The zero-order valence-electron chi connectivity index (χ0n) is 4.70. The van der Waals surface area contributed by atoms with Crippen molar-refractivity contribution in [3.05, 3.63) is 0 Å².